The largest absolute Gasteiger partial charge is 0.258 e. The Bertz CT molecular complexity index is 353. The molecule has 3 heterocycles. The molecule has 0 aromatic rings. The van der Waals surface area contributed by atoms with Crippen LogP contribution in [-0.4, -0.2) is 59.3 Å². The van der Waals surface area contributed by atoms with Crippen LogP contribution in [0.2, 0.25) is 0 Å². The average molecular weight is 340 g/mol. The minimum Gasteiger partial charge on any atom is -0.258 e. The Hall–Kier alpha value is 0.110. The van der Waals surface area contributed by atoms with Gasteiger partial charge in [-0.2, -0.15) is 0 Å². The molecule has 0 unspecified atom stereocenters. The molecule has 3 rings (SSSR count). The van der Waals surface area contributed by atoms with E-state index in [9.17, 15) is 0 Å². The first-order valence-electron chi connectivity index (χ1n) is 10.1. The molecule has 0 radical (unpaired) electrons. The number of piperidine rings is 3. The molecule has 3 saturated heterocycles. The molecule has 0 atom stereocenters. The van der Waals surface area contributed by atoms with Crippen LogP contribution in [0.3, 0.4) is 0 Å². The van der Waals surface area contributed by atoms with Crippen LogP contribution in [0.4, 0.5) is 0 Å². The van der Waals surface area contributed by atoms with Crippen molar-refractivity contribution in [2.75, 3.05) is 39.3 Å². The smallest absolute Gasteiger partial charge is 0.168 e. The molecular formula is C18H37N4P. The molecule has 3 aliphatic rings. The lowest BCUT2D eigenvalue weighted by Gasteiger charge is -2.53. The van der Waals surface area contributed by atoms with E-state index in [4.69, 9.17) is 4.74 Å². The van der Waals surface area contributed by atoms with E-state index in [2.05, 4.69) is 27.9 Å². The summed E-state index contributed by atoms with van der Waals surface area (Å²) in [6, 6.07) is 0.439. The van der Waals surface area contributed by atoms with Gasteiger partial charge in [-0.1, -0.05) is 19.3 Å². The molecule has 134 valence electrons. The predicted molar refractivity (Wildman–Crippen MR) is 101 cm³/mol. The number of rotatable bonds is 4. The van der Waals surface area contributed by atoms with Gasteiger partial charge in [0.2, 0.25) is 0 Å². The van der Waals surface area contributed by atoms with Crippen molar-refractivity contribution in [3.8, 4) is 0 Å². The molecule has 3 fully saturated rings. The molecule has 5 heteroatoms. The lowest BCUT2D eigenvalue weighted by Crippen LogP contribution is -2.46. The first-order chi connectivity index (χ1) is 11.2. The fourth-order valence-electron chi connectivity index (χ4n) is 4.50. The summed E-state index contributed by atoms with van der Waals surface area (Å²) in [5.41, 5.74) is 0. The summed E-state index contributed by atoms with van der Waals surface area (Å²) in [5.74, 6) is 0. The second-order valence-electron chi connectivity index (χ2n) is 7.79. The van der Waals surface area contributed by atoms with Gasteiger partial charge in [-0.15, -0.1) is 0 Å². The summed E-state index contributed by atoms with van der Waals surface area (Å²) in [5, 5.41) is 0. The quantitative estimate of drug-likeness (QED) is 0.686. The monoisotopic (exact) mass is 340 g/mol. The highest BCUT2D eigenvalue weighted by Crippen LogP contribution is 2.62. The summed E-state index contributed by atoms with van der Waals surface area (Å²) < 4.78 is 14.1. The molecular weight excluding hydrogens is 303 g/mol. The van der Waals surface area contributed by atoms with Crippen LogP contribution in [0.15, 0.2) is 4.74 Å². The van der Waals surface area contributed by atoms with E-state index in [1.807, 2.05) is 0 Å². The van der Waals surface area contributed by atoms with Crippen molar-refractivity contribution in [1.29, 1.82) is 0 Å². The van der Waals surface area contributed by atoms with Crippen LogP contribution in [0, 0.1) is 0 Å². The van der Waals surface area contributed by atoms with Crippen molar-refractivity contribution in [2.45, 2.75) is 77.7 Å². The third-order valence-electron chi connectivity index (χ3n) is 5.52. The van der Waals surface area contributed by atoms with Gasteiger partial charge < -0.3 is 0 Å². The standard InChI is InChI=1S/C18H37N4P/c1-18(2)19-23(20-12-6-3-7-13-20,21-14-8-4-9-15-21)22-16-10-5-11-17-22/h18H,3-17H2,1-2H3. The second kappa shape index (κ2) is 8.47. The molecule has 0 N–H and O–H groups in total. The maximum Gasteiger partial charge on any atom is 0.168 e. The molecule has 3 aliphatic heterocycles. The first kappa shape index (κ1) is 17.9. The fourth-order valence-corrected chi connectivity index (χ4v) is 9.09. The molecule has 0 spiro atoms. The van der Waals surface area contributed by atoms with E-state index in [0.29, 0.717) is 6.04 Å². The average Bonchev–Trinajstić information content (AvgIpc) is 2.62. The van der Waals surface area contributed by atoms with E-state index < -0.39 is 7.51 Å². The summed E-state index contributed by atoms with van der Waals surface area (Å²) in [4.78, 5) is 0. The normalized spacial score (nSPS) is 26.6. The highest BCUT2D eigenvalue weighted by Gasteiger charge is 2.41. The van der Waals surface area contributed by atoms with Crippen molar-refractivity contribution < 1.29 is 0 Å². The van der Waals surface area contributed by atoms with E-state index in [1.165, 1.54) is 97.1 Å². The Morgan fingerprint density at radius 1 is 0.565 bits per heavy atom. The van der Waals surface area contributed by atoms with Gasteiger partial charge >= 0.3 is 0 Å². The minimum absolute atomic E-state index is 0.439. The summed E-state index contributed by atoms with van der Waals surface area (Å²) in [6.45, 7) is 12.2. The van der Waals surface area contributed by atoms with Gasteiger partial charge in [-0.3, -0.25) is 4.74 Å². The third-order valence-corrected chi connectivity index (χ3v) is 9.77. The molecule has 0 aromatic carbocycles. The van der Waals surface area contributed by atoms with E-state index in [-0.39, 0.29) is 0 Å². The molecule has 23 heavy (non-hydrogen) atoms. The lowest BCUT2D eigenvalue weighted by molar-refractivity contribution is 0.245. The third kappa shape index (κ3) is 4.03. The highest BCUT2D eigenvalue weighted by molar-refractivity contribution is 7.59. The molecule has 0 aromatic heterocycles. The summed E-state index contributed by atoms with van der Waals surface area (Å²) in [7, 11) is -1.65. The van der Waals surface area contributed by atoms with Crippen LogP contribution in [-0.2, 0) is 0 Å². The lowest BCUT2D eigenvalue weighted by atomic mass is 10.2. The SMILES string of the molecule is CC(C)N=P(N1CCCCC1)(N1CCCCC1)N1CCCCC1. The van der Waals surface area contributed by atoms with Gasteiger partial charge in [0, 0.05) is 45.3 Å². The Morgan fingerprint density at radius 3 is 1.13 bits per heavy atom. The number of hydrogen-bond donors (Lipinski definition) is 0. The molecule has 4 nitrogen and oxygen atoms in total. The Balaban J connectivity index is 1.99. The zero-order chi connectivity index (χ0) is 16.1. The van der Waals surface area contributed by atoms with Crippen molar-refractivity contribution in [2.24, 2.45) is 4.74 Å². The van der Waals surface area contributed by atoms with Crippen molar-refractivity contribution in [3.05, 3.63) is 0 Å². The van der Waals surface area contributed by atoms with Gasteiger partial charge in [-0.05, 0) is 52.4 Å². The van der Waals surface area contributed by atoms with Crippen LogP contribution in [0.1, 0.15) is 71.6 Å². The van der Waals surface area contributed by atoms with Crippen molar-refractivity contribution in [3.63, 3.8) is 0 Å². The maximum atomic E-state index is 5.57. The van der Waals surface area contributed by atoms with Crippen LogP contribution in [0.25, 0.3) is 0 Å². The first-order valence-corrected chi connectivity index (χ1v) is 11.7. The van der Waals surface area contributed by atoms with E-state index in [1.54, 1.807) is 0 Å². The second-order valence-corrected chi connectivity index (χ2v) is 10.8. The molecule has 0 saturated carbocycles. The molecule has 0 amide bonds. The summed E-state index contributed by atoms with van der Waals surface area (Å²) >= 11 is 0. The predicted octanol–water partition coefficient (Wildman–Crippen LogP) is 4.80. The fraction of sp³-hybridized carbons (Fsp3) is 1.00. The van der Waals surface area contributed by atoms with Gasteiger partial charge in [0.1, 0.15) is 0 Å². The van der Waals surface area contributed by atoms with Crippen LogP contribution < -0.4 is 0 Å². The van der Waals surface area contributed by atoms with Crippen molar-refractivity contribution in [1.82, 2.24) is 14.0 Å². The van der Waals surface area contributed by atoms with Gasteiger partial charge in [0.25, 0.3) is 0 Å². The Kier molecular flexibility index (Phi) is 6.60. The maximum absolute atomic E-state index is 5.57. The molecule has 0 aliphatic carbocycles. The van der Waals surface area contributed by atoms with Gasteiger partial charge in [0.15, 0.2) is 7.51 Å². The summed E-state index contributed by atoms with van der Waals surface area (Å²) in [6.07, 6.45) is 12.5. The van der Waals surface area contributed by atoms with Gasteiger partial charge in [-0.25, -0.2) is 14.0 Å². The minimum atomic E-state index is -1.65. The number of nitrogens with zero attached hydrogens (tertiary/aromatic N) is 4. The van der Waals surface area contributed by atoms with E-state index in [0.717, 1.165) is 0 Å². The topological polar surface area (TPSA) is 22.1 Å². The Labute approximate surface area is 143 Å². The Morgan fingerprint density at radius 2 is 0.870 bits per heavy atom. The van der Waals surface area contributed by atoms with E-state index >= 15 is 0 Å². The zero-order valence-corrected chi connectivity index (χ0v) is 16.3. The van der Waals surface area contributed by atoms with Crippen molar-refractivity contribution >= 4 is 7.51 Å². The highest BCUT2D eigenvalue weighted by atomic mass is 31.2. The molecule has 0 bridgehead atoms. The van der Waals surface area contributed by atoms with Gasteiger partial charge in [0.05, 0.1) is 0 Å². The van der Waals surface area contributed by atoms with Crippen LogP contribution in [0.5, 0.6) is 0 Å². The zero-order valence-electron chi connectivity index (χ0n) is 15.4. The van der Waals surface area contributed by atoms with Crippen LogP contribution >= 0.6 is 7.51 Å². The number of hydrogen-bond acceptors (Lipinski definition) is 1.